The summed E-state index contributed by atoms with van der Waals surface area (Å²) in [6.07, 6.45) is 0. The first kappa shape index (κ1) is 36.1. The van der Waals surface area contributed by atoms with Crippen LogP contribution in [0, 0.1) is 0 Å². The van der Waals surface area contributed by atoms with Crippen LogP contribution >= 0.6 is 0 Å². The first-order chi connectivity index (χ1) is 31.7. The molecular formula is C57H36N4O3. The van der Waals surface area contributed by atoms with Crippen molar-refractivity contribution in [3.63, 3.8) is 0 Å². The highest BCUT2D eigenvalue weighted by Gasteiger charge is 2.23. The zero-order valence-corrected chi connectivity index (χ0v) is 34.8. The lowest BCUT2D eigenvalue weighted by molar-refractivity contribution is 0.668. The van der Waals surface area contributed by atoms with Gasteiger partial charge in [0.05, 0.1) is 11.0 Å². The van der Waals surface area contributed by atoms with Crippen molar-refractivity contribution in [2.24, 2.45) is 0 Å². The van der Waals surface area contributed by atoms with E-state index >= 15 is 0 Å². The lowest BCUT2D eigenvalue weighted by atomic mass is 10.00. The second-order valence-corrected chi connectivity index (χ2v) is 15.9. The fraction of sp³-hybridized carbons (Fsp3) is 0.0351. The molecule has 64 heavy (non-hydrogen) atoms. The lowest BCUT2D eigenvalue weighted by Crippen LogP contribution is -2.07. The van der Waals surface area contributed by atoms with Gasteiger partial charge >= 0.3 is 0 Å². The summed E-state index contributed by atoms with van der Waals surface area (Å²) in [5.74, 6) is 1.54. The molecule has 0 N–H and O–H groups in total. The molecule has 0 aliphatic carbocycles. The molecule has 5 aromatic heterocycles. The van der Waals surface area contributed by atoms with E-state index in [0.717, 1.165) is 121 Å². The Balaban J connectivity index is 0.00000204. The third-order valence-electron chi connectivity index (χ3n) is 12.5. The van der Waals surface area contributed by atoms with Crippen LogP contribution in [0.5, 0.6) is 0 Å². The number of para-hydroxylation sites is 4. The molecule has 7 nitrogen and oxygen atoms in total. The van der Waals surface area contributed by atoms with Crippen molar-refractivity contribution in [3.8, 4) is 39.9 Å². The summed E-state index contributed by atoms with van der Waals surface area (Å²) in [6, 6.07) is 62.8. The predicted octanol–water partition coefficient (Wildman–Crippen LogP) is 15.8. The normalized spacial score (nSPS) is 11.9. The van der Waals surface area contributed by atoms with Crippen molar-refractivity contribution in [2.75, 3.05) is 0 Å². The third-order valence-corrected chi connectivity index (χ3v) is 12.5. The van der Waals surface area contributed by atoms with Crippen molar-refractivity contribution in [2.45, 2.75) is 13.8 Å². The van der Waals surface area contributed by atoms with Crippen LogP contribution in [0.1, 0.15) is 13.8 Å². The van der Waals surface area contributed by atoms with Gasteiger partial charge in [0.15, 0.2) is 11.6 Å². The molecule has 0 radical (unpaired) electrons. The molecule has 0 aliphatic rings. The van der Waals surface area contributed by atoms with E-state index in [1.165, 1.54) is 0 Å². The van der Waals surface area contributed by atoms with E-state index in [1.807, 2.05) is 74.5 Å². The van der Waals surface area contributed by atoms with Crippen molar-refractivity contribution in [3.05, 3.63) is 182 Å². The van der Waals surface area contributed by atoms with Gasteiger partial charge in [-0.3, -0.25) is 4.57 Å². The Bertz CT molecular complexity index is 4060. The minimum atomic E-state index is 0.494. The minimum absolute atomic E-state index is 0.494. The van der Waals surface area contributed by atoms with E-state index < -0.39 is 0 Å². The Labute approximate surface area is 365 Å². The molecule has 0 bridgehead atoms. The van der Waals surface area contributed by atoms with Crippen LogP contribution in [0.15, 0.2) is 195 Å². The van der Waals surface area contributed by atoms with Gasteiger partial charge < -0.3 is 13.3 Å². The first-order valence-corrected chi connectivity index (χ1v) is 21.7. The van der Waals surface area contributed by atoms with E-state index in [1.54, 1.807) is 0 Å². The topological polar surface area (TPSA) is 83.0 Å². The third kappa shape index (κ3) is 5.37. The quantitative estimate of drug-likeness (QED) is 0.176. The van der Waals surface area contributed by atoms with Crippen molar-refractivity contribution < 1.29 is 13.3 Å². The second kappa shape index (κ2) is 14.0. The maximum Gasteiger partial charge on any atom is 0.238 e. The van der Waals surface area contributed by atoms with E-state index in [2.05, 4.69) is 126 Å². The summed E-state index contributed by atoms with van der Waals surface area (Å²) >= 11 is 0. The van der Waals surface area contributed by atoms with Crippen LogP contribution in [-0.2, 0) is 0 Å². The van der Waals surface area contributed by atoms with E-state index in [9.17, 15) is 0 Å². The Hall–Kier alpha value is -8.55. The van der Waals surface area contributed by atoms with Crippen LogP contribution in [0.4, 0.5) is 0 Å². The molecule has 302 valence electrons. The Kier molecular flexibility index (Phi) is 7.90. The Morgan fingerprint density at radius 2 is 0.750 bits per heavy atom. The predicted molar refractivity (Wildman–Crippen MR) is 261 cm³/mol. The smallest absolute Gasteiger partial charge is 0.238 e. The number of rotatable bonds is 4. The molecule has 0 aliphatic heterocycles. The minimum Gasteiger partial charge on any atom is -0.456 e. The van der Waals surface area contributed by atoms with Crippen LogP contribution in [0.3, 0.4) is 0 Å². The van der Waals surface area contributed by atoms with Gasteiger partial charge in [-0.05, 0) is 65.5 Å². The van der Waals surface area contributed by atoms with Crippen molar-refractivity contribution in [1.82, 2.24) is 19.5 Å². The number of nitrogens with zero attached hydrogens (tertiary/aromatic N) is 4. The Morgan fingerprint density at radius 1 is 0.328 bits per heavy atom. The number of hydrogen-bond acceptors (Lipinski definition) is 6. The van der Waals surface area contributed by atoms with Crippen LogP contribution in [0.2, 0.25) is 0 Å². The molecular weight excluding hydrogens is 789 g/mol. The summed E-state index contributed by atoms with van der Waals surface area (Å²) < 4.78 is 21.4. The zero-order chi connectivity index (χ0) is 42.5. The first-order valence-electron chi connectivity index (χ1n) is 21.7. The van der Waals surface area contributed by atoms with Gasteiger partial charge in [0.1, 0.15) is 33.5 Å². The van der Waals surface area contributed by atoms with Crippen LogP contribution in [0.25, 0.3) is 138 Å². The molecule has 0 saturated carbocycles. The van der Waals surface area contributed by atoms with E-state index in [-0.39, 0.29) is 0 Å². The number of fused-ring (bicyclic) bond motifs is 14. The maximum atomic E-state index is 6.43. The van der Waals surface area contributed by atoms with Gasteiger partial charge in [-0.15, -0.1) is 0 Å². The van der Waals surface area contributed by atoms with Gasteiger partial charge in [-0.2, -0.15) is 9.97 Å². The van der Waals surface area contributed by atoms with E-state index in [0.29, 0.717) is 17.6 Å². The van der Waals surface area contributed by atoms with Gasteiger partial charge in [0.2, 0.25) is 5.95 Å². The highest BCUT2D eigenvalue weighted by Crippen LogP contribution is 2.43. The van der Waals surface area contributed by atoms with E-state index in [4.69, 9.17) is 28.2 Å². The molecule has 0 saturated heterocycles. The van der Waals surface area contributed by atoms with Gasteiger partial charge in [0, 0.05) is 65.2 Å². The molecule has 7 heteroatoms. The zero-order valence-electron chi connectivity index (χ0n) is 34.8. The summed E-state index contributed by atoms with van der Waals surface area (Å²) in [4.78, 5) is 16.0. The molecule has 0 amide bonds. The monoisotopic (exact) mass is 824 g/mol. The summed E-state index contributed by atoms with van der Waals surface area (Å²) in [5, 5.41) is 10.8. The standard InChI is InChI=1S/C55H30N4O3.C2H6/c1-2-11-35-31(10-1)20-27-44-43-16-9-15-36(32-21-24-40-37-12-3-6-17-45(37)60-48(40)28-32)52(43)59(51(35)44)55-57-53(33-22-25-41-38-13-4-7-18-46(38)61-49(41)29-33)56-54(58-55)34-23-26-42-39-14-5-8-19-47(39)62-50(42)30-34;1-2/h1-30H;1-2H3. The largest absolute Gasteiger partial charge is 0.456 e. The molecule has 14 rings (SSSR count). The average Bonchev–Trinajstić information content (AvgIpc) is 4.12. The highest BCUT2D eigenvalue weighted by molar-refractivity contribution is 6.21. The second-order valence-electron chi connectivity index (χ2n) is 15.9. The van der Waals surface area contributed by atoms with Crippen LogP contribution < -0.4 is 0 Å². The average molecular weight is 825 g/mol. The fourth-order valence-corrected chi connectivity index (χ4v) is 9.61. The maximum absolute atomic E-state index is 6.43. The molecule has 0 spiro atoms. The summed E-state index contributed by atoms with van der Waals surface area (Å²) in [7, 11) is 0. The molecule has 14 aromatic rings. The SMILES string of the molecule is CC.c1ccc2c(c1)ccc1c3cccc(-c4ccc5c(c4)oc4ccccc45)c3n(-c3nc(-c4ccc5c(c4)oc4ccccc45)nc(-c4ccc5c(c4)oc4ccccc45)n3)c21. The van der Waals surface area contributed by atoms with Crippen molar-refractivity contribution in [1.29, 1.82) is 0 Å². The molecule has 9 aromatic carbocycles. The number of benzene rings is 9. The lowest BCUT2D eigenvalue weighted by Gasteiger charge is -2.14. The number of furan rings is 3. The molecule has 0 fully saturated rings. The summed E-state index contributed by atoms with van der Waals surface area (Å²) in [5.41, 5.74) is 10.6. The summed E-state index contributed by atoms with van der Waals surface area (Å²) in [6.45, 7) is 4.00. The molecule has 0 unspecified atom stereocenters. The van der Waals surface area contributed by atoms with Crippen LogP contribution in [-0.4, -0.2) is 19.5 Å². The van der Waals surface area contributed by atoms with Gasteiger partial charge in [-0.1, -0.05) is 141 Å². The van der Waals surface area contributed by atoms with Gasteiger partial charge in [0.25, 0.3) is 0 Å². The molecule has 0 atom stereocenters. The number of hydrogen-bond donors (Lipinski definition) is 0. The number of aromatic nitrogens is 4. The van der Waals surface area contributed by atoms with Crippen molar-refractivity contribution >= 4 is 98.4 Å². The molecule has 5 heterocycles. The van der Waals surface area contributed by atoms with Gasteiger partial charge in [-0.25, -0.2) is 4.98 Å². The Morgan fingerprint density at radius 3 is 1.31 bits per heavy atom. The fourth-order valence-electron chi connectivity index (χ4n) is 9.61. The highest BCUT2D eigenvalue weighted by atomic mass is 16.3.